The molecule has 138 valence electrons. The molecule has 0 aromatic heterocycles. The lowest BCUT2D eigenvalue weighted by atomic mass is 10.1. The molecule has 2 aromatic carbocycles. The third-order valence-corrected chi connectivity index (χ3v) is 4.11. The molecule has 0 bridgehead atoms. The second-order valence-electron chi connectivity index (χ2n) is 5.64. The topological polar surface area (TPSA) is 49.4 Å². The summed E-state index contributed by atoms with van der Waals surface area (Å²) in [4.78, 5) is 25.4. The first-order chi connectivity index (χ1) is 12.2. The van der Waals surface area contributed by atoms with Gasteiger partial charge in [0.1, 0.15) is 0 Å². The number of rotatable bonds is 5. The van der Waals surface area contributed by atoms with Crippen LogP contribution in [0.25, 0.3) is 0 Å². The number of hydrogen-bond donors (Lipinski definition) is 1. The van der Waals surface area contributed by atoms with Crippen molar-refractivity contribution >= 4 is 33.4 Å². The molecule has 2 amide bonds. The van der Waals surface area contributed by atoms with Gasteiger partial charge in [-0.25, -0.2) is 0 Å². The van der Waals surface area contributed by atoms with Crippen molar-refractivity contribution < 1.29 is 22.8 Å². The van der Waals surface area contributed by atoms with Crippen LogP contribution in [0.4, 0.5) is 18.9 Å². The fourth-order valence-electron chi connectivity index (χ4n) is 2.24. The lowest BCUT2D eigenvalue weighted by Crippen LogP contribution is -2.36. The van der Waals surface area contributed by atoms with Crippen LogP contribution in [0.3, 0.4) is 0 Å². The van der Waals surface area contributed by atoms with Crippen LogP contribution >= 0.6 is 15.9 Å². The van der Waals surface area contributed by atoms with E-state index in [1.807, 2.05) is 0 Å². The van der Waals surface area contributed by atoms with Crippen molar-refractivity contribution in [2.45, 2.75) is 12.6 Å². The molecule has 0 heterocycles. The van der Waals surface area contributed by atoms with Gasteiger partial charge in [-0.3, -0.25) is 9.59 Å². The molecule has 4 nitrogen and oxygen atoms in total. The van der Waals surface area contributed by atoms with Crippen LogP contribution in [-0.2, 0) is 22.2 Å². The van der Waals surface area contributed by atoms with E-state index in [-0.39, 0.29) is 24.6 Å². The predicted molar refractivity (Wildman–Crippen MR) is 95.6 cm³/mol. The van der Waals surface area contributed by atoms with Crippen molar-refractivity contribution in [3.63, 3.8) is 0 Å². The standard InChI is InChI=1S/C18H16BrF3N2O2/c1-24(17(26)10-12-6-8-13(19)9-7-12)11-16(25)23-15-5-3-2-4-14(15)18(20,21)22/h2-9H,10-11H2,1H3,(H,23,25). The van der Waals surface area contributed by atoms with E-state index in [1.54, 1.807) is 24.3 Å². The summed E-state index contributed by atoms with van der Waals surface area (Å²) >= 11 is 3.30. The SMILES string of the molecule is CN(CC(=O)Nc1ccccc1C(F)(F)F)C(=O)Cc1ccc(Br)cc1. The van der Waals surface area contributed by atoms with Gasteiger partial charge in [0.05, 0.1) is 24.2 Å². The maximum atomic E-state index is 12.9. The zero-order valence-electron chi connectivity index (χ0n) is 13.8. The Morgan fingerprint density at radius 3 is 2.31 bits per heavy atom. The maximum Gasteiger partial charge on any atom is 0.418 e. The van der Waals surface area contributed by atoms with Crippen molar-refractivity contribution in [1.82, 2.24) is 4.90 Å². The number of hydrogen-bond acceptors (Lipinski definition) is 2. The lowest BCUT2D eigenvalue weighted by Gasteiger charge is -2.18. The second-order valence-corrected chi connectivity index (χ2v) is 6.56. The zero-order chi connectivity index (χ0) is 19.3. The summed E-state index contributed by atoms with van der Waals surface area (Å²) < 4.78 is 39.7. The number of nitrogens with one attached hydrogen (secondary N) is 1. The molecule has 0 aliphatic carbocycles. The molecule has 0 aliphatic rings. The maximum absolute atomic E-state index is 12.9. The van der Waals surface area contributed by atoms with Gasteiger partial charge in [-0.15, -0.1) is 0 Å². The molecule has 2 aromatic rings. The molecule has 0 aliphatic heterocycles. The Kier molecular flexibility index (Phi) is 6.42. The van der Waals surface area contributed by atoms with Crippen LogP contribution in [0, 0.1) is 0 Å². The Bertz CT molecular complexity index is 792. The quantitative estimate of drug-likeness (QED) is 0.778. The van der Waals surface area contributed by atoms with E-state index < -0.39 is 17.6 Å². The van der Waals surface area contributed by atoms with E-state index in [9.17, 15) is 22.8 Å². The third kappa shape index (κ3) is 5.59. The average Bonchev–Trinajstić information content (AvgIpc) is 2.56. The number of anilines is 1. The minimum absolute atomic E-state index is 0.0935. The van der Waals surface area contributed by atoms with Crippen LogP contribution in [0.5, 0.6) is 0 Å². The van der Waals surface area contributed by atoms with Gasteiger partial charge in [-0.2, -0.15) is 13.2 Å². The Morgan fingerprint density at radius 1 is 1.08 bits per heavy atom. The van der Waals surface area contributed by atoms with Crippen molar-refractivity contribution in [2.75, 3.05) is 18.9 Å². The van der Waals surface area contributed by atoms with E-state index >= 15 is 0 Å². The molecular formula is C18H16BrF3N2O2. The number of carbonyl (C=O) groups is 2. The number of nitrogens with zero attached hydrogens (tertiary/aromatic N) is 1. The zero-order valence-corrected chi connectivity index (χ0v) is 15.4. The van der Waals surface area contributed by atoms with Crippen molar-refractivity contribution in [3.05, 3.63) is 64.1 Å². The van der Waals surface area contributed by atoms with E-state index in [2.05, 4.69) is 21.2 Å². The van der Waals surface area contributed by atoms with Crippen molar-refractivity contribution in [1.29, 1.82) is 0 Å². The van der Waals surface area contributed by atoms with Crippen LogP contribution in [0.2, 0.25) is 0 Å². The van der Waals surface area contributed by atoms with Gasteiger partial charge in [0.2, 0.25) is 11.8 Å². The molecule has 0 saturated carbocycles. The molecule has 2 rings (SSSR count). The van der Waals surface area contributed by atoms with Gasteiger partial charge >= 0.3 is 6.18 Å². The van der Waals surface area contributed by atoms with E-state index in [4.69, 9.17) is 0 Å². The van der Waals surface area contributed by atoms with Gasteiger partial charge in [-0.05, 0) is 29.8 Å². The van der Waals surface area contributed by atoms with E-state index in [0.29, 0.717) is 0 Å². The largest absolute Gasteiger partial charge is 0.418 e. The Morgan fingerprint density at radius 2 is 1.69 bits per heavy atom. The Hall–Kier alpha value is -2.35. The van der Waals surface area contributed by atoms with Gasteiger partial charge in [0, 0.05) is 11.5 Å². The molecule has 0 spiro atoms. The summed E-state index contributed by atoms with van der Waals surface area (Å²) in [6.07, 6.45) is -4.48. The van der Waals surface area contributed by atoms with Crippen LogP contribution in [-0.4, -0.2) is 30.3 Å². The normalized spacial score (nSPS) is 11.1. The van der Waals surface area contributed by atoms with Crippen molar-refractivity contribution in [2.24, 2.45) is 0 Å². The number of amides is 2. The van der Waals surface area contributed by atoms with Crippen molar-refractivity contribution in [3.8, 4) is 0 Å². The van der Waals surface area contributed by atoms with Gasteiger partial charge in [0.15, 0.2) is 0 Å². The molecule has 0 atom stereocenters. The highest BCUT2D eigenvalue weighted by molar-refractivity contribution is 9.10. The molecular weight excluding hydrogens is 413 g/mol. The summed E-state index contributed by atoms with van der Waals surface area (Å²) in [5, 5.41) is 2.22. The molecule has 8 heteroatoms. The average molecular weight is 429 g/mol. The highest BCUT2D eigenvalue weighted by Crippen LogP contribution is 2.34. The number of likely N-dealkylation sites (N-methyl/N-ethyl adjacent to an activating group) is 1. The first-order valence-corrected chi connectivity index (χ1v) is 8.40. The number of carbonyl (C=O) groups excluding carboxylic acids is 2. The van der Waals surface area contributed by atoms with Crippen LogP contribution in [0.1, 0.15) is 11.1 Å². The monoisotopic (exact) mass is 428 g/mol. The number of alkyl halides is 3. The molecule has 0 unspecified atom stereocenters. The minimum atomic E-state index is -4.58. The number of halogens is 4. The number of benzene rings is 2. The van der Waals surface area contributed by atoms with E-state index in [1.165, 1.54) is 30.1 Å². The molecule has 0 fully saturated rings. The summed E-state index contributed by atoms with van der Waals surface area (Å²) in [6.45, 7) is -0.346. The van der Waals surface area contributed by atoms with Crippen LogP contribution in [0.15, 0.2) is 53.0 Å². The highest BCUT2D eigenvalue weighted by atomic mass is 79.9. The van der Waals surface area contributed by atoms with Gasteiger partial charge in [0.25, 0.3) is 0 Å². The Balaban J connectivity index is 1.97. The fourth-order valence-corrected chi connectivity index (χ4v) is 2.51. The first kappa shape index (κ1) is 20.0. The molecule has 0 saturated heterocycles. The lowest BCUT2D eigenvalue weighted by molar-refractivity contribution is -0.137. The summed E-state index contributed by atoms with van der Waals surface area (Å²) in [7, 11) is 1.43. The highest BCUT2D eigenvalue weighted by Gasteiger charge is 2.33. The molecule has 0 radical (unpaired) electrons. The first-order valence-electron chi connectivity index (χ1n) is 7.61. The molecule has 1 N–H and O–H groups in total. The van der Waals surface area contributed by atoms with E-state index in [0.717, 1.165) is 16.1 Å². The van der Waals surface area contributed by atoms with Gasteiger partial charge in [-0.1, -0.05) is 40.2 Å². The summed E-state index contributed by atoms with van der Waals surface area (Å²) in [5.74, 6) is -1.01. The fraction of sp³-hybridized carbons (Fsp3) is 0.222. The third-order valence-electron chi connectivity index (χ3n) is 3.58. The Labute approximate surface area is 157 Å². The second kappa shape index (κ2) is 8.35. The number of para-hydroxylation sites is 1. The summed E-state index contributed by atoms with van der Waals surface area (Å²) in [5.41, 5.74) is -0.496. The molecule has 26 heavy (non-hydrogen) atoms. The smallest absolute Gasteiger partial charge is 0.336 e. The van der Waals surface area contributed by atoms with Crippen LogP contribution < -0.4 is 5.32 Å². The predicted octanol–water partition coefficient (Wildman–Crippen LogP) is 4.11. The minimum Gasteiger partial charge on any atom is -0.336 e. The van der Waals surface area contributed by atoms with Gasteiger partial charge < -0.3 is 10.2 Å². The summed E-state index contributed by atoms with van der Waals surface area (Å²) in [6, 6.07) is 11.8.